The van der Waals surface area contributed by atoms with Gasteiger partial charge < -0.3 is 10.2 Å². The van der Waals surface area contributed by atoms with Crippen molar-refractivity contribution in [1.82, 2.24) is 10.2 Å². The number of hydrogen-bond acceptors (Lipinski definition) is 2. The lowest BCUT2D eigenvalue weighted by Crippen LogP contribution is -2.22. The number of nitrogens with zero attached hydrogens (tertiary/aromatic N) is 1. The number of nitrogens with one attached hydrogen (secondary N) is 1. The topological polar surface area (TPSA) is 32.3 Å². The summed E-state index contributed by atoms with van der Waals surface area (Å²) >= 11 is 5.88. The lowest BCUT2D eigenvalue weighted by atomic mass is 10.1. The number of carbonyl (C=O) groups is 1. The monoisotopic (exact) mass is 358 g/mol. The standard InChI is InChI=1S/C21H27ClN2O/c1-3-24(2)16-19-8-4-7-18(14-19)15-23-21(25)9-5-6-17-10-12-20(22)13-11-17/h4,7-8,10-14H,3,5-6,9,15-16H2,1-2H3,(H,23,25). The molecule has 2 aromatic rings. The van der Waals surface area contributed by atoms with E-state index in [0.717, 1.165) is 36.5 Å². The summed E-state index contributed by atoms with van der Waals surface area (Å²) in [5, 5.41) is 3.76. The van der Waals surface area contributed by atoms with Crippen LogP contribution in [0, 0.1) is 0 Å². The minimum absolute atomic E-state index is 0.102. The SMILES string of the molecule is CCN(C)Cc1cccc(CNC(=O)CCCc2ccc(Cl)cc2)c1. The smallest absolute Gasteiger partial charge is 0.220 e. The molecule has 0 atom stereocenters. The van der Waals surface area contributed by atoms with E-state index in [-0.39, 0.29) is 5.91 Å². The lowest BCUT2D eigenvalue weighted by molar-refractivity contribution is -0.121. The van der Waals surface area contributed by atoms with Crippen LogP contribution in [0.1, 0.15) is 36.5 Å². The van der Waals surface area contributed by atoms with Crippen LogP contribution in [0.15, 0.2) is 48.5 Å². The Hall–Kier alpha value is -1.84. The first-order valence-corrected chi connectivity index (χ1v) is 9.22. The zero-order valence-electron chi connectivity index (χ0n) is 15.1. The van der Waals surface area contributed by atoms with Gasteiger partial charge in [0, 0.05) is 24.5 Å². The second-order valence-corrected chi connectivity index (χ2v) is 6.84. The van der Waals surface area contributed by atoms with Crippen molar-refractivity contribution in [3.8, 4) is 0 Å². The molecule has 0 heterocycles. The summed E-state index contributed by atoms with van der Waals surface area (Å²) in [5.74, 6) is 0.102. The molecule has 0 aliphatic heterocycles. The third-order valence-electron chi connectivity index (χ3n) is 4.26. The molecule has 1 N–H and O–H groups in total. The number of rotatable bonds is 9. The molecule has 3 nitrogen and oxygen atoms in total. The van der Waals surface area contributed by atoms with Gasteiger partial charge in [0.1, 0.15) is 0 Å². The van der Waals surface area contributed by atoms with Crippen LogP contribution in [0.5, 0.6) is 0 Å². The molecule has 0 unspecified atom stereocenters. The largest absolute Gasteiger partial charge is 0.352 e. The first kappa shape index (κ1) is 19.5. The number of amides is 1. The van der Waals surface area contributed by atoms with E-state index in [9.17, 15) is 4.79 Å². The van der Waals surface area contributed by atoms with E-state index < -0.39 is 0 Å². The zero-order valence-corrected chi connectivity index (χ0v) is 15.9. The number of benzene rings is 2. The number of halogens is 1. The van der Waals surface area contributed by atoms with Crippen molar-refractivity contribution in [1.29, 1.82) is 0 Å². The van der Waals surface area contributed by atoms with Crippen molar-refractivity contribution in [2.24, 2.45) is 0 Å². The van der Waals surface area contributed by atoms with Gasteiger partial charge in [-0.2, -0.15) is 0 Å². The van der Waals surface area contributed by atoms with Crippen molar-refractivity contribution in [3.63, 3.8) is 0 Å². The maximum absolute atomic E-state index is 12.0. The predicted molar refractivity (Wildman–Crippen MR) is 105 cm³/mol. The van der Waals surface area contributed by atoms with E-state index in [1.165, 1.54) is 11.1 Å². The highest BCUT2D eigenvalue weighted by molar-refractivity contribution is 6.30. The third-order valence-corrected chi connectivity index (χ3v) is 4.51. The third kappa shape index (κ3) is 7.29. The Balaban J connectivity index is 1.72. The van der Waals surface area contributed by atoms with E-state index in [2.05, 4.69) is 48.5 Å². The van der Waals surface area contributed by atoms with E-state index in [0.29, 0.717) is 13.0 Å². The van der Waals surface area contributed by atoms with Crippen molar-refractivity contribution in [3.05, 3.63) is 70.2 Å². The molecule has 1 amide bonds. The van der Waals surface area contributed by atoms with Gasteiger partial charge in [0.25, 0.3) is 0 Å². The Bertz CT molecular complexity index is 670. The van der Waals surface area contributed by atoms with E-state index in [1.807, 2.05) is 24.3 Å². The van der Waals surface area contributed by atoms with Crippen molar-refractivity contribution in [2.45, 2.75) is 39.3 Å². The molecule has 0 aromatic heterocycles. The molecule has 2 aromatic carbocycles. The van der Waals surface area contributed by atoms with Gasteiger partial charge in [-0.15, -0.1) is 0 Å². The summed E-state index contributed by atoms with van der Waals surface area (Å²) in [6, 6.07) is 16.2. The van der Waals surface area contributed by atoms with Gasteiger partial charge in [0.15, 0.2) is 0 Å². The predicted octanol–water partition coefficient (Wildman–Crippen LogP) is 4.43. The average molecular weight is 359 g/mol. The molecule has 0 aliphatic rings. The van der Waals surface area contributed by atoms with Crippen LogP contribution in [0.3, 0.4) is 0 Å². The van der Waals surface area contributed by atoms with Crippen molar-refractivity contribution >= 4 is 17.5 Å². The number of hydrogen-bond donors (Lipinski definition) is 1. The Morgan fingerprint density at radius 3 is 2.52 bits per heavy atom. The number of carbonyl (C=O) groups excluding carboxylic acids is 1. The highest BCUT2D eigenvalue weighted by Crippen LogP contribution is 2.12. The minimum Gasteiger partial charge on any atom is -0.352 e. The van der Waals surface area contributed by atoms with Gasteiger partial charge in [0.05, 0.1) is 0 Å². The van der Waals surface area contributed by atoms with Crippen LogP contribution in [0.4, 0.5) is 0 Å². The van der Waals surface area contributed by atoms with Gasteiger partial charge in [-0.25, -0.2) is 0 Å². The highest BCUT2D eigenvalue weighted by Gasteiger charge is 2.04. The molecular weight excluding hydrogens is 332 g/mol. The molecule has 134 valence electrons. The molecule has 0 saturated heterocycles. The lowest BCUT2D eigenvalue weighted by Gasteiger charge is -2.14. The molecular formula is C21H27ClN2O. The summed E-state index contributed by atoms with van der Waals surface area (Å²) in [7, 11) is 2.11. The van der Waals surface area contributed by atoms with Gasteiger partial charge >= 0.3 is 0 Å². The van der Waals surface area contributed by atoms with Crippen LogP contribution >= 0.6 is 11.6 Å². The zero-order chi connectivity index (χ0) is 18.1. The average Bonchev–Trinajstić information content (AvgIpc) is 2.62. The molecule has 0 spiro atoms. The Labute approximate surface area is 156 Å². The summed E-state index contributed by atoms with van der Waals surface area (Å²) in [6.07, 6.45) is 2.28. The second-order valence-electron chi connectivity index (χ2n) is 6.41. The fourth-order valence-electron chi connectivity index (χ4n) is 2.65. The summed E-state index contributed by atoms with van der Waals surface area (Å²) in [6.45, 7) is 4.69. The van der Waals surface area contributed by atoms with Gasteiger partial charge in [-0.3, -0.25) is 4.79 Å². The minimum atomic E-state index is 0.102. The van der Waals surface area contributed by atoms with Crippen LogP contribution in [-0.2, 0) is 24.3 Å². The summed E-state index contributed by atoms with van der Waals surface area (Å²) < 4.78 is 0. The first-order chi connectivity index (χ1) is 12.1. The molecule has 0 fully saturated rings. The summed E-state index contributed by atoms with van der Waals surface area (Å²) in [4.78, 5) is 14.3. The van der Waals surface area contributed by atoms with E-state index in [1.54, 1.807) is 0 Å². The van der Waals surface area contributed by atoms with Crippen LogP contribution in [0.2, 0.25) is 5.02 Å². The fraction of sp³-hybridized carbons (Fsp3) is 0.381. The maximum Gasteiger partial charge on any atom is 0.220 e. The molecule has 4 heteroatoms. The van der Waals surface area contributed by atoms with Gasteiger partial charge in [-0.1, -0.05) is 54.9 Å². The maximum atomic E-state index is 12.0. The highest BCUT2D eigenvalue weighted by atomic mass is 35.5. The molecule has 0 radical (unpaired) electrons. The Morgan fingerprint density at radius 1 is 1.08 bits per heavy atom. The van der Waals surface area contributed by atoms with E-state index >= 15 is 0 Å². The van der Waals surface area contributed by atoms with Gasteiger partial charge in [0.2, 0.25) is 5.91 Å². The quantitative estimate of drug-likeness (QED) is 0.719. The van der Waals surface area contributed by atoms with Crippen LogP contribution < -0.4 is 5.32 Å². The fourth-order valence-corrected chi connectivity index (χ4v) is 2.78. The second kappa shape index (κ2) is 10.2. The Kier molecular flexibility index (Phi) is 7.96. The Morgan fingerprint density at radius 2 is 1.80 bits per heavy atom. The number of aryl methyl sites for hydroxylation is 1. The molecule has 2 rings (SSSR count). The van der Waals surface area contributed by atoms with Crippen LogP contribution in [0.25, 0.3) is 0 Å². The van der Waals surface area contributed by atoms with Gasteiger partial charge in [-0.05, 0) is 55.3 Å². The van der Waals surface area contributed by atoms with Crippen molar-refractivity contribution < 1.29 is 4.79 Å². The summed E-state index contributed by atoms with van der Waals surface area (Å²) in [5.41, 5.74) is 3.64. The first-order valence-electron chi connectivity index (χ1n) is 8.84. The van der Waals surface area contributed by atoms with Crippen molar-refractivity contribution in [2.75, 3.05) is 13.6 Å². The normalized spacial score (nSPS) is 10.9. The molecule has 0 saturated carbocycles. The molecule has 25 heavy (non-hydrogen) atoms. The van der Waals surface area contributed by atoms with Crippen LogP contribution in [-0.4, -0.2) is 24.4 Å². The molecule has 0 bridgehead atoms. The molecule has 0 aliphatic carbocycles. The van der Waals surface area contributed by atoms with E-state index in [4.69, 9.17) is 11.6 Å².